The van der Waals surface area contributed by atoms with E-state index in [1.165, 1.54) is 276 Å². The van der Waals surface area contributed by atoms with E-state index in [9.17, 15) is 43.2 Å². The number of carbonyl (C=O) groups excluding carboxylic acids is 4. The SMILES string of the molecule is CCCCCCCCCCCCCCCCCCCCCCC(=O)O[C@H](COC(=O)CCCCCCCCCCCCCCCCCCCCC)COP(=O)(O)OC[C@@H](O)COP(=O)(O)OC[C@@H](COC(=O)CCCCCCCCC(C)C)OC(=O)CCCCCCCCCCCCCCCCCC. The van der Waals surface area contributed by atoms with E-state index in [0.717, 1.165) is 96.3 Å². The van der Waals surface area contributed by atoms with Crippen molar-refractivity contribution in [2.75, 3.05) is 39.6 Å². The van der Waals surface area contributed by atoms with Gasteiger partial charge in [0.1, 0.15) is 19.3 Å². The molecule has 0 aromatic rings. The third-order valence-corrected chi connectivity index (χ3v) is 21.9. The van der Waals surface area contributed by atoms with Gasteiger partial charge >= 0.3 is 39.5 Å². The summed E-state index contributed by atoms with van der Waals surface area (Å²) < 4.78 is 68.8. The number of esters is 4. The standard InChI is InChI=1S/C85H166O17P2/c1-6-9-12-15-18-21-24-27-30-33-35-37-39-42-45-48-51-54-61-66-70-84(89)101-80(74-95-82(87)68-63-58-52-49-46-43-41-38-36-34-31-28-25-22-19-16-13-10-7-2)76-99-103(91,92)97-72-79(86)73-98-104(93,94)100-77-81(75-96-83(88)69-64-59-56-55-57-62-67-78(4)5)102-85(90)71-65-60-53-50-47-44-40-32-29-26-23-20-17-14-11-8-3/h78-81,86H,6-77H2,1-5H3,(H,91,92)(H,93,94)/t79-,80-,81-/m1/s1. The number of hydrogen-bond acceptors (Lipinski definition) is 15. The highest BCUT2D eigenvalue weighted by molar-refractivity contribution is 7.47. The van der Waals surface area contributed by atoms with Crippen LogP contribution in [-0.4, -0.2) is 96.7 Å². The van der Waals surface area contributed by atoms with Crippen LogP contribution in [0.15, 0.2) is 0 Å². The van der Waals surface area contributed by atoms with Gasteiger partial charge in [0.25, 0.3) is 0 Å². The summed E-state index contributed by atoms with van der Waals surface area (Å²) in [5, 5.41) is 10.7. The molecular weight excluding hydrogens is 1350 g/mol. The summed E-state index contributed by atoms with van der Waals surface area (Å²) in [6.45, 7) is 7.28. The van der Waals surface area contributed by atoms with Crippen molar-refractivity contribution in [1.29, 1.82) is 0 Å². The molecule has 0 heterocycles. The molecule has 0 saturated carbocycles. The van der Waals surface area contributed by atoms with E-state index in [0.29, 0.717) is 31.6 Å². The molecule has 0 radical (unpaired) electrons. The smallest absolute Gasteiger partial charge is 0.462 e. The third-order valence-electron chi connectivity index (χ3n) is 20.0. The van der Waals surface area contributed by atoms with Crippen LogP contribution in [0.2, 0.25) is 0 Å². The van der Waals surface area contributed by atoms with E-state index in [1.54, 1.807) is 0 Å². The van der Waals surface area contributed by atoms with Crippen LogP contribution in [-0.2, 0) is 65.4 Å². The molecule has 2 unspecified atom stereocenters. The van der Waals surface area contributed by atoms with Gasteiger partial charge < -0.3 is 33.8 Å². The molecule has 0 bridgehead atoms. The van der Waals surface area contributed by atoms with Crippen molar-refractivity contribution in [2.24, 2.45) is 5.92 Å². The van der Waals surface area contributed by atoms with Gasteiger partial charge in [-0.15, -0.1) is 0 Å². The van der Waals surface area contributed by atoms with Gasteiger partial charge in [-0.3, -0.25) is 37.3 Å². The highest BCUT2D eigenvalue weighted by Gasteiger charge is 2.30. The van der Waals surface area contributed by atoms with Gasteiger partial charge in [0.2, 0.25) is 0 Å². The summed E-state index contributed by atoms with van der Waals surface area (Å²) in [4.78, 5) is 73.1. The van der Waals surface area contributed by atoms with Crippen LogP contribution in [0.5, 0.6) is 0 Å². The highest BCUT2D eigenvalue weighted by Crippen LogP contribution is 2.45. The molecule has 0 aromatic carbocycles. The molecule has 3 N–H and O–H groups in total. The number of aliphatic hydroxyl groups excluding tert-OH is 1. The van der Waals surface area contributed by atoms with Gasteiger partial charge in [-0.25, -0.2) is 9.13 Å². The molecule has 0 saturated heterocycles. The number of phosphoric acid groups is 2. The molecule has 0 spiro atoms. The maximum atomic E-state index is 13.1. The zero-order chi connectivity index (χ0) is 76.2. The molecule has 0 aromatic heterocycles. The van der Waals surface area contributed by atoms with Gasteiger partial charge in [0.15, 0.2) is 12.2 Å². The van der Waals surface area contributed by atoms with Crippen LogP contribution in [0.25, 0.3) is 0 Å². The zero-order valence-electron chi connectivity index (χ0n) is 68.2. The Morgan fingerprint density at radius 3 is 0.654 bits per heavy atom. The minimum absolute atomic E-state index is 0.108. The maximum Gasteiger partial charge on any atom is 0.472 e. The molecule has 17 nitrogen and oxygen atoms in total. The van der Waals surface area contributed by atoms with Crippen molar-refractivity contribution in [1.82, 2.24) is 0 Å². The van der Waals surface area contributed by atoms with E-state index < -0.39 is 97.5 Å². The average Bonchev–Trinajstić information content (AvgIpc) is 0.914. The topological polar surface area (TPSA) is 237 Å². The number of phosphoric ester groups is 2. The number of ether oxygens (including phenoxy) is 4. The first kappa shape index (κ1) is 102. The van der Waals surface area contributed by atoms with Gasteiger partial charge in [-0.2, -0.15) is 0 Å². The summed E-state index contributed by atoms with van der Waals surface area (Å²) in [6.07, 6.45) is 71.1. The molecule has 0 amide bonds. The summed E-state index contributed by atoms with van der Waals surface area (Å²) in [6, 6.07) is 0. The van der Waals surface area contributed by atoms with Gasteiger partial charge in [-0.05, 0) is 31.6 Å². The van der Waals surface area contributed by atoms with Gasteiger partial charge in [-0.1, -0.05) is 407 Å². The minimum atomic E-state index is -4.96. The van der Waals surface area contributed by atoms with Crippen LogP contribution in [0.4, 0.5) is 0 Å². The Hall–Kier alpha value is -1.94. The first-order valence-corrected chi connectivity index (χ1v) is 47.1. The Labute approximate surface area is 638 Å². The number of rotatable bonds is 85. The molecule has 618 valence electrons. The Morgan fingerprint density at radius 1 is 0.260 bits per heavy atom. The van der Waals surface area contributed by atoms with E-state index in [2.05, 4.69) is 34.6 Å². The van der Waals surface area contributed by atoms with E-state index in [1.807, 2.05) is 0 Å². The Balaban J connectivity index is 5.21. The maximum absolute atomic E-state index is 13.1. The zero-order valence-corrected chi connectivity index (χ0v) is 70.0. The predicted molar refractivity (Wildman–Crippen MR) is 428 cm³/mol. The van der Waals surface area contributed by atoms with Crippen LogP contribution in [0, 0.1) is 5.92 Å². The summed E-state index contributed by atoms with van der Waals surface area (Å²) in [5.74, 6) is -1.42. The molecule has 19 heteroatoms. The number of aliphatic hydroxyl groups is 1. The molecule has 0 aliphatic carbocycles. The van der Waals surface area contributed by atoms with Crippen molar-refractivity contribution in [2.45, 2.75) is 477 Å². The molecule has 104 heavy (non-hydrogen) atoms. The summed E-state index contributed by atoms with van der Waals surface area (Å²) in [7, 11) is -9.92. The van der Waals surface area contributed by atoms with Crippen molar-refractivity contribution in [3.05, 3.63) is 0 Å². The number of hydrogen-bond donors (Lipinski definition) is 3. The van der Waals surface area contributed by atoms with Crippen LogP contribution in [0.3, 0.4) is 0 Å². The molecule has 0 rings (SSSR count). The molecule has 0 aliphatic heterocycles. The predicted octanol–water partition coefficient (Wildman–Crippen LogP) is 26.0. The fourth-order valence-electron chi connectivity index (χ4n) is 13.3. The van der Waals surface area contributed by atoms with Crippen molar-refractivity contribution < 1.29 is 80.2 Å². The second-order valence-electron chi connectivity index (χ2n) is 31.1. The first-order valence-electron chi connectivity index (χ1n) is 44.1. The molecule has 5 atom stereocenters. The quantitative estimate of drug-likeness (QED) is 0.0222. The lowest BCUT2D eigenvalue weighted by atomic mass is 10.0. The Kier molecular flexibility index (Phi) is 76.3. The molecule has 0 aliphatic rings. The highest BCUT2D eigenvalue weighted by atomic mass is 31.2. The molecular formula is C85H166O17P2. The van der Waals surface area contributed by atoms with E-state index in [-0.39, 0.29) is 25.7 Å². The normalized spacial score (nSPS) is 13.8. The lowest BCUT2D eigenvalue weighted by Crippen LogP contribution is -2.30. The lowest BCUT2D eigenvalue weighted by molar-refractivity contribution is -0.161. The van der Waals surface area contributed by atoms with Crippen molar-refractivity contribution >= 4 is 39.5 Å². The average molecular weight is 1520 g/mol. The van der Waals surface area contributed by atoms with Crippen LogP contribution >= 0.6 is 15.6 Å². The van der Waals surface area contributed by atoms with E-state index in [4.69, 9.17) is 37.0 Å². The Bertz CT molecular complexity index is 1980. The second kappa shape index (κ2) is 77.8. The summed E-state index contributed by atoms with van der Waals surface area (Å²) >= 11 is 0. The fourth-order valence-corrected chi connectivity index (χ4v) is 14.9. The van der Waals surface area contributed by atoms with Crippen LogP contribution < -0.4 is 0 Å². The van der Waals surface area contributed by atoms with Crippen molar-refractivity contribution in [3.63, 3.8) is 0 Å². The lowest BCUT2D eigenvalue weighted by Gasteiger charge is -2.21. The fraction of sp³-hybridized carbons (Fsp3) is 0.953. The van der Waals surface area contributed by atoms with Crippen LogP contribution in [0.1, 0.15) is 458 Å². The largest absolute Gasteiger partial charge is 0.472 e. The second-order valence-corrected chi connectivity index (χ2v) is 34.0. The number of unbranched alkanes of at least 4 members (excludes halogenated alkanes) is 57. The third kappa shape index (κ3) is 78.2. The van der Waals surface area contributed by atoms with E-state index >= 15 is 0 Å². The van der Waals surface area contributed by atoms with Gasteiger partial charge in [0.05, 0.1) is 26.4 Å². The number of carbonyl (C=O) groups is 4. The van der Waals surface area contributed by atoms with Crippen molar-refractivity contribution in [3.8, 4) is 0 Å². The summed E-state index contributed by atoms with van der Waals surface area (Å²) in [5.41, 5.74) is 0. The van der Waals surface area contributed by atoms with Gasteiger partial charge in [0, 0.05) is 25.7 Å². The minimum Gasteiger partial charge on any atom is -0.462 e. The molecule has 0 fully saturated rings. The monoisotopic (exact) mass is 1520 g/mol. The first-order chi connectivity index (χ1) is 50.5. The Morgan fingerprint density at radius 2 is 0.442 bits per heavy atom.